The number of aliphatic hydroxyl groups excluding tert-OH is 2. The molecule has 1 aromatic rings. The molecular weight excluding hydrogens is 276 g/mol. The molecule has 0 saturated heterocycles. The molecule has 0 aliphatic heterocycles. The molecule has 2 unspecified atom stereocenters. The Morgan fingerprint density at radius 1 is 1.23 bits per heavy atom. The summed E-state index contributed by atoms with van der Waals surface area (Å²) in [6.45, 7) is 2.43. The topological polar surface area (TPSA) is 60.7 Å². The number of benzene rings is 1. The van der Waals surface area contributed by atoms with Crippen LogP contribution in [0.4, 0.5) is 0 Å². The van der Waals surface area contributed by atoms with Crippen molar-refractivity contribution in [2.75, 3.05) is 6.61 Å². The Balaban J connectivity index is 1.78. The van der Waals surface area contributed by atoms with Gasteiger partial charge in [-0.3, -0.25) is 0 Å². The van der Waals surface area contributed by atoms with E-state index < -0.39 is 0 Å². The number of aryl methyl sites for hydroxylation is 1. The lowest BCUT2D eigenvalue weighted by molar-refractivity contribution is -0.0587. The van der Waals surface area contributed by atoms with Crippen LogP contribution in [0.25, 0.3) is 0 Å². The fourth-order valence-corrected chi connectivity index (χ4v) is 6.03. The van der Waals surface area contributed by atoms with Crippen LogP contribution in [-0.4, -0.2) is 28.0 Å². The van der Waals surface area contributed by atoms with E-state index in [1.807, 2.05) is 6.07 Å². The van der Waals surface area contributed by atoms with Crippen molar-refractivity contribution in [2.24, 2.45) is 23.2 Å². The fourth-order valence-electron chi connectivity index (χ4n) is 6.03. The number of phenols is 1. The van der Waals surface area contributed by atoms with Crippen LogP contribution < -0.4 is 0 Å². The first-order chi connectivity index (χ1) is 10.5. The highest BCUT2D eigenvalue weighted by atomic mass is 16.3. The van der Waals surface area contributed by atoms with E-state index in [0.29, 0.717) is 23.5 Å². The Kier molecular flexibility index (Phi) is 3.28. The van der Waals surface area contributed by atoms with Gasteiger partial charge >= 0.3 is 0 Å². The molecule has 0 amide bonds. The maximum Gasteiger partial charge on any atom is 0.115 e. The van der Waals surface area contributed by atoms with Crippen molar-refractivity contribution in [3.05, 3.63) is 29.3 Å². The van der Waals surface area contributed by atoms with Gasteiger partial charge in [0, 0.05) is 6.61 Å². The van der Waals surface area contributed by atoms with Crippen molar-refractivity contribution in [1.82, 2.24) is 0 Å². The zero-order valence-electron chi connectivity index (χ0n) is 13.2. The molecule has 4 rings (SSSR count). The molecule has 1 aromatic carbocycles. The monoisotopic (exact) mass is 302 g/mol. The second-order valence-electron chi connectivity index (χ2n) is 7.96. The first-order valence-electron chi connectivity index (χ1n) is 8.65. The third kappa shape index (κ3) is 1.88. The van der Waals surface area contributed by atoms with Crippen LogP contribution in [0, 0.1) is 23.2 Å². The van der Waals surface area contributed by atoms with Gasteiger partial charge in [-0.25, -0.2) is 0 Å². The predicted octanol–water partition coefficient (Wildman–Crippen LogP) is 2.83. The van der Waals surface area contributed by atoms with Crippen molar-refractivity contribution < 1.29 is 15.3 Å². The summed E-state index contributed by atoms with van der Waals surface area (Å²) >= 11 is 0. The summed E-state index contributed by atoms with van der Waals surface area (Å²) in [5.74, 6) is 2.08. The Bertz CT molecular complexity index is 584. The lowest BCUT2D eigenvalue weighted by Crippen LogP contribution is -2.48. The van der Waals surface area contributed by atoms with E-state index in [1.165, 1.54) is 11.1 Å². The average molecular weight is 302 g/mol. The Hall–Kier alpha value is -1.06. The maximum absolute atomic E-state index is 10.5. The first-order valence-corrected chi connectivity index (χ1v) is 8.65. The molecule has 0 spiro atoms. The van der Waals surface area contributed by atoms with Crippen molar-refractivity contribution in [1.29, 1.82) is 0 Å². The largest absolute Gasteiger partial charge is 0.508 e. The number of fused-ring (bicyclic) bond motifs is 5. The van der Waals surface area contributed by atoms with E-state index in [0.717, 1.165) is 32.1 Å². The van der Waals surface area contributed by atoms with Crippen molar-refractivity contribution >= 4 is 0 Å². The van der Waals surface area contributed by atoms with E-state index in [9.17, 15) is 15.3 Å². The molecule has 2 saturated carbocycles. The van der Waals surface area contributed by atoms with Gasteiger partial charge < -0.3 is 15.3 Å². The van der Waals surface area contributed by atoms with Crippen molar-refractivity contribution in [3.8, 4) is 5.75 Å². The summed E-state index contributed by atoms with van der Waals surface area (Å²) in [4.78, 5) is 0. The summed E-state index contributed by atoms with van der Waals surface area (Å²) in [7, 11) is 0. The Morgan fingerprint density at radius 2 is 2.05 bits per heavy atom. The van der Waals surface area contributed by atoms with Crippen molar-refractivity contribution in [3.63, 3.8) is 0 Å². The minimum atomic E-state index is -0.214. The Morgan fingerprint density at radius 3 is 2.82 bits per heavy atom. The molecule has 120 valence electrons. The van der Waals surface area contributed by atoms with Gasteiger partial charge in [0.05, 0.1) is 6.10 Å². The van der Waals surface area contributed by atoms with Gasteiger partial charge in [0.1, 0.15) is 5.75 Å². The molecule has 0 bridgehead atoms. The van der Waals surface area contributed by atoms with Crippen LogP contribution in [0.5, 0.6) is 5.75 Å². The summed E-state index contributed by atoms with van der Waals surface area (Å²) < 4.78 is 0. The Labute approximate surface area is 132 Å². The normalized spacial score (nSPS) is 43.3. The standard InChI is InChI=1S/C19H26O3/c1-19-9-12(10-20)18-14-5-3-13(21)8-11(14)2-4-15(18)16(19)6-7-17(19)22/h3,5,8,12,15-18,20-22H,2,4,6-7,9-10H2,1H3/t12?,15-,16-,17?,18+,19-/m0/s1. The number of rotatable bonds is 1. The second kappa shape index (κ2) is 4.97. The van der Waals surface area contributed by atoms with Gasteiger partial charge in [0.25, 0.3) is 0 Å². The molecule has 3 N–H and O–H groups in total. The summed E-state index contributed by atoms with van der Waals surface area (Å²) in [6.07, 6.45) is 4.84. The molecule has 0 aromatic heterocycles. The third-order valence-electron chi connectivity index (χ3n) is 7.01. The minimum Gasteiger partial charge on any atom is -0.508 e. The maximum atomic E-state index is 10.5. The van der Waals surface area contributed by atoms with Gasteiger partial charge in [-0.05, 0) is 84.5 Å². The highest BCUT2D eigenvalue weighted by Gasteiger charge is 2.57. The number of aromatic hydroxyl groups is 1. The van der Waals surface area contributed by atoms with Gasteiger partial charge in [-0.1, -0.05) is 13.0 Å². The van der Waals surface area contributed by atoms with Gasteiger partial charge in [-0.15, -0.1) is 0 Å². The molecule has 0 radical (unpaired) electrons. The minimum absolute atomic E-state index is 0.0248. The quantitative estimate of drug-likeness (QED) is 0.747. The van der Waals surface area contributed by atoms with E-state index in [-0.39, 0.29) is 24.0 Å². The molecule has 2 fully saturated rings. The van der Waals surface area contributed by atoms with Crippen LogP contribution >= 0.6 is 0 Å². The van der Waals surface area contributed by atoms with Gasteiger partial charge in [-0.2, -0.15) is 0 Å². The van der Waals surface area contributed by atoms with Crippen LogP contribution in [0.1, 0.15) is 49.7 Å². The highest BCUT2D eigenvalue weighted by Crippen LogP contribution is 2.62. The van der Waals surface area contributed by atoms with Gasteiger partial charge in [0.2, 0.25) is 0 Å². The lowest BCUT2D eigenvalue weighted by Gasteiger charge is -2.53. The zero-order chi connectivity index (χ0) is 15.5. The van der Waals surface area contributed by atoms with E-state index in [4.69, 9.17) is 0 Å². The van der Waals surface area contributed by atoms with Gasteiger partial charge in [0.15, 0.2) is 0 Å². The number of hydrogen-bond donors (Lipinski definition) is 3. The number of hydrogen-bond acceptors (Lipinski definition) is 3. The SMILES string of the molecule is C[C@]12CC(CO)[C@@H]3c4ccc(O)cc4CC[C@H]3[C@@H]1CCC2O. The van der Waals surface area contributed by atoms with E-state index >= 15 is 0 Å². The predicted molar refractivity (Wildman–Crippen MR) is 84.7 cm³/mol. The summed E-state index contributed by atoms with van der Waals surface area (Å²) in [5.41, 5.74) is 2.56. The van der Waals surface area contributed by atoms with E-state index in [1.54, 1.807) is 6.07 Å². The molecule has 22 heavy (non-hydrogen) atoms. The fraction of sp³-hybridized carbons (Fsp3) is 0.684. The van der Waals surface area contributed by atoms with E-state index in [2.05, 4.69) is 13.0 Å². The molecule has 3 aliphatic carbocycles. The average Bonchev–Trinajstić information content (AvgIpc) is 2.81. The number of phenolic OH excluding ortho intramolecular Hbond substituents is 1. The summed E-state index contributed by atoms with van der Waals surface area (Å²) in [6, 6.07) is 5.75. The second-order valence-corrected chi connectivity index (χ2v) is 7.96. The lowest BCUT2D eigenvalue weighted by atomic mass is 9.52. The first kappa shape index (κ1) is 14.5. The van der Waals surface area contributed by atoms with Crippen LogP contribution in [-0.2, 0) is 6.42 Å². The molecule has 3 heteroatoms. The summed E-state index contributed by atoms with van der Waals surface area (Å²) in [5, 5.41) is 30.3. The van der Waals surface area contributed by atoms with Crippen molar-refractivity contribution in [2.45, 2.75) is 51.0 Å². The molecular formula is C19H26O3. The molecule has 0 heterocycles. The molecule has 3 aliphatic rings. The third-order valence-corrected chi connectivity index (χ3v) is 7.01. The smallest absolute Gasteiger partial charge is 0.115 e. The van der Waals surface area contributed by atoms with Crippen LogP contribution in [0.2, 0.25) is 0 Å². The molecule has 6 atom stereocenters. The van der Waals surface area contributed by atoms with Crippen LogP contribution in [0.15, 0.2) is 18.2 Å². The number of aliphatic hydroxyl groups is 2. The highest BCUT2D eigenvalue weighted by molar-refractivity contribution is 5.40. The molecule has 3 nitrogen and oxygen atoms in total. The van der Waals surface area contributed by atoms with Crippen LogP contribution in [0.3, 0.4) is 0 Å². The zero-order valence-corrected chi connectivity index (χ0v) is 13.2.